The van der Waals surface area contributed by atoms with Gasteiger partial charge < -0.3 is 9.52 Å². The second-order valence-corrected chi connectivity index (χ2v) is 5.17. The Bertz CT molecular complexity index is 588. The number of unbranched alkanes of at least 4 members (excludes halogenated alkanes) is 1. The third-order valence-corrected chi connectivity index (χ3v) is 3.37. The standard InChI is InChI=1S/C16H21NO3/c1-3-4-8-15-13(10-17(2)11-16(18)19)12-7-5-6-9-14(12)20-15/h5-7,9H,3-4,8,10-11H2,1-2H3,(H,18,19). The third-order valence-electron chi connectivity index (χ3n) is 3.37. The summed E-state index contributed by atoms with van der Waals surface area (Å²) in [7, 11) is 1.82. The number of furan rings is 1. The Hall–Kier alpha value is -1.81. The fraction of sp³-hybridized carbons (Fsp3) is 0.438. The Morgan fingerprint density at radius 1 is 1.35 bits per heavy atom. The first-order chi connectivity index (χ1) is 9.61. The zero-order valence-corrected chi connectivity index (χ0v) is 12.1. The van der Waals surface area contributed by atoms with Crippen LogP contribution in [-0.2, 0) is 17.8 Å². The number of carboxylic acids is 1. The summed E-state index contributed by atoms with van der Waals surface area (Å²) in [5.41, 5.74) is 2.01. The maximum absolute atomic E-state index is 10.8. The summed E-state index contributed by atoms with van der Waals surface area (Å²) < 4.78 is 5.93. The van der Waals surface area contributed by atoms with E-state index >= 15 is 0 Å². The largest absolute Gasteiger partial charge is 0.480 e. The Morgan fingerprint density at radius 3 is 2.80 bits per heavy atom. The van der Waals surface area contributed by atoms with Crippen LogP contribution in [0.4, 0.5) is 0 Å². The van der Waals surface area contributed by atoms with Crippen LogP contribution in [0.1, 0.15) is 31.1 Å². The Kier molecular flexibility index (Phi) is 4.79. The summed E-state index contributed by atoms with van der Waals surface area (Å²) in [4.78, 5) is 12.6. The van der Waals surface area contributed by atoms with E-state index in [1.54, 1.807) is 4.90 Å². The van der Waals surface area contributed by atoms with Crippen molar-refractivity contribution in [1.82, 2.24) is 4.90 Å². The fourth-order valence-electron chi connectivity index (χ4n) is 2.42. The first kappa shape index (κ1) is 14.6. The highest BCUT2D eigenvalue weighted by molar-refractivity contribution is 5.82. The molecule has 0 saturated carbocycles. The number of nitrogens with zero attached hydrogens (tertiary/aromatic N) is 1. The molecule has 0 saturated heterocycles. The van der Waals surface area contributed by atoms with Gasteiger partial charge in [-0.05, 0) is 19.5 Å². The number of aryl methyl sites for hydroxylation is 1. The van der Waals surface area contributed by atoms with Crippen LogP contribution >= 0.6 is 0 Å². The number of aliphatic carboxylic acids is 1. The molecule has 0 aliphatic heterocycles. The van der Waals surface area contributed by atoms with Gasteiger partial charge in [-0.15, -0.1) is 0 Å². The highest BCUT2D eigenvalue weighted by Crippen LogP contribution is 2.28. The molecule has 4 heteroatoms. The fourth-order valence-corrected chi connectivity index (χ4v) is 2.42. The molecular formula is C16H21NO3. The molecule has 0 aliphatic rings. The lowest BCUT2D eigenvalue weighted by Gasteiger charge is -2.14. The summed E-state index contributed by atoms with van der Waals surface area (Å²) in [6.07, 6.45) is 3.10. The van der Waals surface area contributed by atoms with Crippen molar-refractivity contribution >= 4 is 16.9 Å². The maximum atomic E-state index is 10.8. The van der Waals surface area contributed by atoms with Crippen molar-refractivity contribution in [2.45, 2.75) is 32.7 Å². The summed E-state index contributed by atoms with van der Waals surface area (Å²) in [6.45, 7) is 2.79. The molecule has 0 amide bonds. The van der Waals surface area contributed by atoms with Crippen LogP contribution in [0.5, 0.6) is 0 Å². The minimum Gasteiger partial charge on any atom is -0.480 e. The summed E-state index contributed by atoms with van der Waals surface area (Å²) in [6, 6.07) is 7.95. The number of fused-ring (bicyclic) bond motifs is 1. The van der Waals surface area contributed by atoms with Crippen LogP contribution in [0.3, 0.4) is 0 Å². The SMILES string of the molecule is CCCCc1oc2ccccc2c1CN(C)CC(=O)O. The molecule has 1 heterocycles. The van der Waals surface area contributed by atoms with Gasteiger partial charge in [-0.2, -0.15) is 0 Å². The molecule has 0 aliphatic carbocycles. The molecule has 0 atom stereocenters. The maximum Gasteiger partial charge on any atom is 0.317 e. The number of likely N-dealkylation sites (N-methyl/N-ethyl adjacent to an activating group) is 1. The van der Waals surface area contributed by atoms with Gasteiger partial charge in [0.15, 0.2) is 0 Å². The van der Waals surface area contributed by atoms with E-state index in [9.17, 15) is 4.79 Å². The summed E-state index contributed by atoms with van der Waals surface area (Å²) >= 11 is 0. The normalized spacial score (nSPS) is 11.3. The quantitative estimate of drug-likeness (QED) is 0.842. The zero-order chi connectivity index (χ0) is 14.5. The number of benzene rings is 1. The molecule has 1 aromatic carbocycles. The molecule has 2 aromatic rings. The van der Waals surface area contributed by atoms with Crippen LogP contribution in [0.15, 0.2) is 28.7 Å². The monoisotopic (exact) mass is 275 g/mol. The minimum absolute atomic E-state index is 0.0344. The summed E-state index contributed by atoms with van der Waals surface area (Å²) in [5, 5.41) is 9.96. The average Bonchev–Trinajstić information content (AvgIpc) is 2.74. The molecule has 2 rings (SSSR count). The molecule has 1 aromatic heterocycles. The zero-order valence-electron chi connectivity index (χ0n) is 12.1. The van der Waals surface area contributed by atoms with Crippen molar-refractivity contribution in [1.29, 1.82) is 0 Å². The number of carbonyl (C=O) groups is 1. The van der Waals surface area contributed by atoms with Crippen LogP contribution < -0.4 is 0 Å². The number of hydrogen-bond acceptors (Lipinski definition) is 3. The minimum atomic E-state index is -0.810. The predicted molar refractivity (Wildman–Crippen MR) is 78.8 cm³/mol. The lowest BCUT2D eigenvalue weighted by Crippen LogP contribution is -2.25. The third kappa shape index (κ3) is 3.39. The van der Waals surface area contributed by atoms with E-state index in [4.69, 9.17) is 9.52 Å². The van der Waals surface area contributed by atoms with Crippen molar-refractivity contribution in [3.63, 3.8) is 0 Å². The highest BCUT2D eigenvalue weighted by Gasteiger charge is 2.16. The van der Waals surface area contributed by atoms with Gasteiger partial charge in [0.1, 0.15) is 11.3 Å². The van der Waals surface area contributed by atoms with Crippen molar-refractivity contribution in [3.8, 4) is 0 Å². The topological polar surface area (TPSA) is 53.7 Å². The Morgan fingerprint density at radius 2 is 2.10 bits per heavy atom. The van der Waals surface area contributed by atoms with Gasteiger partial charge in [0, 0.05) is 23.9 Å². The van der Waals surface area contributed by atoms with Crippen molar-refractivity contribution in [2.24, 2.45) is 0 Å². The lowest BCUT2D eigenvalue weighted by atomic mass is 10.1. The smallest absolute Gasteiger partial charge is 0.317 e. The molecule has 20 heavy (non-hydrogen) atoms. The van der Waals surface area contributed by atoms with Crippen molar-refractivity contribution in [2.75, 3.05) is 13.6 Å². The van der Waals surface area contributed by atoms with E-state index in [-0.39, 0.29) is 6.54 Å². The van der Waals surface area contributed by atoms with E-state index in [2.05, 4.69) is 6.92 Å². The van der Waals surface area contributed by atoms with Crippen LogP contribution in [-0.4, -0.2) is 29.6 Å². The van der Waals surface area contributed by atoms with Crippen molar-refractivity contribution < 1.29 is 14.3 Å². The van der Waals surface area contributed by atoms with Gasteiger partial charge in [-0.25, -0.2) is 0 Å². The summed E-state index contributed by atoms with van der Waals surface area (Å²) in [5.74, 6) is 0.181. The number of carboxylic acid groups (broad SMARTS) is 1. The molecule has 4 nitrogen and oxygen atoms in total. The van der Waals surface area contributed by atoms with Crippen LogP contribution in [0.25, 0.3) is 11.0 Å². The molecule has 0 unspecified atom stereocenters. The van der Waals surface area contributed by atoms with E-state index in [0.29, 0.717) is 6.54 Å². The van der Waals surface area contributed by atoms with Crippen molar-refractivity contribution in [3.05, 3.63) is 35.6 Å². The second kappa shape index (κ2) is 6.57. The van der Waals surface area contributed by atoms with Gasteiger partial charge >= 0.3 is 5.97 Å². The van der Waals surface area contributed by atoms with Gasteiger partial charge in [0.25, 0.3) is 0 Å². The number of hydrogen-bond donors (Lipinski definition) is 1. The van der Waals surface area contributed by atoms with E-state index in [1.807, 2.05) is 31.3 Å². The molecule has 108 valence electrons. The first-order valence-electron chi connectivity index (χ1n) is 7.01. The first-order valence-corrected chi connectivity index (χ1v) is 7.01. The number of rotatable bonds is 7. The van der Waals surface area contributed by atoms with Gasteiger partial charge in [0.2, 0.25) is 0 Å². The second-order valence-electron chi connectivity index (χ2n) is 5.17. The van der Waals surface area contributed by atoms with E-state index in [0.717, 1.165) is 41.6 Å². The highest BCUT2D eigenvalue weighted by atomic mass is 16.4. The van der Waals surface area contributed by atoms with Crippen LogP contribution in [0, 0.1) is 0 Å². The Balaban J connectivity index is 2.29. The predicted octanol–water partition coefficient (Wildman–Crippen LogP) is 3.29. The molecule has 0 radical (unpaired) electrons. The van der Waals surface area contributed by atoms with Gasteiger partial charge in [0.05, 0.1) is 6.54 Å². The number of para-hydroxylation sites is 1. The Labute approximate surface area is 119 Å². The molecule has 0 bridgehead atoms. The van der Waals surface area contributed by atoms with Gasteiger partial charge in [-0.1, -0.05) is 31.5 Å². The van der Waals surface area contributed by atoms with E-state index < -0.39 is 5.97 Å². The van der Waals surface area contributed by atoms with Crippen LogP contribution in [0.2, 0.25) is 0 Å². The molecule has 0 spiro atoms. The molecular weight excluding hydrogens is 254 g/mol. The molecule has 1 N–H and O–H groups in total. The van der Waals surface area contributed by atoms with E-state index in [1.165, 1.54) is 0 Å². The lowest BCUT2D eigenvalue weighted by molar-refractivity contribution is -0.138. The average molecular weight is 275 g/mol. The molecule has 0 fully saturated rings. The van der Waals surface area contributed by atoms with Gasteiger partial charge in [-0.3, -0.25) is 9.69 Å².